The van der Waals surface area contributed by atoms with Crippen LogP contribution >= 0.6 is 0 Å². The Labute approximate surface area is 164 Å². The minimum Gasteiger partial charge on any atom is -0.460 e. The van der Waals surface area contributed by atoms with Crippen molar-refractivity contribution in [2.75, 3.05) is 0 Å². The zero-order valence-corrected chi connectivity index (χ0v) is 16.2. The zero-order valence-electron chi connectivity index (χ0n) is 15.4. The fourth-order valence-electron chi connectivity index (χ4n) is 2.76. The Balaban J connectivity index is 1.60. The molecule has 1 N–H and O–H groups in total. The molecule has 0 aromatic heterocycles. The molecule has 0 amide bonds. The van der Waals surface area contributed by atoms with Gasteiger partial charge < -0.3 is 4.74 Å². The standard InChI is InChI=1S/C22H21NO4S/c1-17(23-28(25,26)15-14-18-8-3-2-4-9-18)22(24)27-16-20-12-7-11-19-10-5-6-13-21(19)20/h2-15,17,23H,16H2,1H3/b15-14+/t17-/m0/s1. The summed E-state index contributed by atoms with van der Waals surface area (Å²) in [6.45, 7) is 1.53. The molecule has 0 saturated heterocycles. The van der Waals surface area contributed by atoms with Gasteiger partial charge in [-0.2, -0.15) is 4.72 Å². The Morgan fingerprint density at radius 1 is 1.00 bits per heavy atom. The zero-order chi connectivity index (χ0) is 20.0. The molecule has 28 heavy (non-hydrogen) atoms. The predicted octanol–water partition coefficient (Wildman–Crippen LogP) is 3.86. The van der Waals surface area contributed by atoms with Crippen molar-refractivity contribution < 1.29 is 17.9 Å². The third-order valence-electron chi connectivity index (χ3n) is 4.18. The third kappa shape index (κ3) is 5.28. The van der Waals surface area contributed by atoms with E-state index in [-0.39, 0.29) is 6.61 Å². The van der Waals surface area contributed by atoms with E-state index in [1.54, 1.807) is 12.1 Å². The van der Waals surface area contributed by atoms with E-state index in [0.717, 1.165) is 27.3 Å². The van der Waals surface area contributed by atoms with Crippen molar-refractivity contribution >= 4 is 32.8 Å². The molecule has 0 heterocycles. The van der Waals surface area contributed by atoms with E-state index in [9.17, 15) is 13.2 Å². The van der Waals surface area contributed by atoms with Crippen LogP contribution in [0.1, 0.15) is 18.1 Å². The lowest BCUT2D eigenvalue weighted by molar-refractivity contribution is -0.146. The summed E-state index contributed by atoms with van der Waals surface area (Å²) >= 11 is 0. The van der Waals surface area contributed by atoms with Crippen molar-refractivity contribution in [2.45, 2.75) is 19.6 Å². The summed E-state index contributed by atoms with van der Waals surface area (Å²) in [5, 5.41) is 3.09. The topological polar surface area (TPSA) is 72.5 Å². The summed E-state index contributed by atoms with van der Waals surface area (Å²) in [5.74, 6) is -0.635. The van der Waals surface area contributed by atoms with Crippen molar-refractivity contribution in [3.8, 4) is 0 Å². The molecule has 3 rings (SSSR count). The van der Waals surface area contributed by atoms with E-state index in [0.29, 0.717) is 0 Å². The van der Waals surface area contributed by atoms with E-state index in [1.807, 2.05) is 60.7 Å². The first kappa shape index (κ1) is 19.8. The highest BCUT2D eigenvalue weighted by molar-refractivity contribution is 7.92. The fourth-order valence-corrected chi connectivity index (χ4v) is 3.76. The molecule has 0 spiro atoms. The smallest absolute Gasteiger partial charge is 0.324 e. The number of benzene rings is 3. The molecular weight excluding hydrogens is 374 g/mol. The molecule has 0 unspecified atom stereocenters. The van der Waals surface area contributed by atoms with E-state index in [4.69, 9.17) is 4.74 Å². The van der Waals surface area contributed by atoms with Gasteiger partial charge in [0.2, 0.25) is 10.0 Å². The number of rotatable bonds is 7. The molecule has 3 aromatic carbocycles. The molecule has 0 saturated carbocycles. The van der Waals surface area contributed by atoms with Crippen LogP contribution in [0.2, 0.25) is 0 Å². The van der Waals surface area contributed by atoms with E-state index in [2.05, 4.69) is 4.72 Å². The predicted molar refractivity (Wildman–Crippen MR) is 111 cm³/mol. The number of ether oxygens (including phenoxy) is 1. The Hall–Kier alpha value is -2.96. The molecule has 3 aromatic rings. The van der Waals surface area contributed by atoms with Crippen LogP contribution in [0.4, 0.5) is 0 Å². The van der Waals surface area contributed by atoms with Crippen LogP contribution in [0.15, 0.2) is 78.2 Å². The van der Waals surface area contributed by atoms with Gasteiger partial charge in [0.15, 0.2) is 0 Å². The van der Waals surface area contributed by atoms with Gasteiger partial charge in [-0.3, -0.25) is 4.79 Å². The maximum atomic E-state index is 12.2. The highest BCUT2D eigenvalue weighted by atomic mass is 32.2. The van der Waals surface area contributed by atoms with Gasteiger partial charge in [-0.25, -0.2) is 8.42 Å². The van der Waals surface area contributed by atoms with Crippen molar-refractivity contribution in [3.63, 3.8) is 0 Å². The average Bonchev–Trinajstić information content (AvgIpc) is 2.71. The molecule has 5 nitrogen and oxygen atoms in total. The summed E-state index contributed by atoms with van der Waals surface area (Å²) in [5.41, 5.74) is 1.62. The molecule has 0 aliphatic carbocycles. The summed E-state index contributed by atoms with van der Waals surface area (Å²) < 4.78 is 32.0. The van der Waals surface area contributed by atoms with Crippen LogP contribution < -0.4 is 4.72 Å². The minimum atomic E-state index is -3.77. The number of hydrogen-bond donors (Lipinski definition) is 1. The highest BCUT2D eigenvalue weighted by Crippen LogP contribution is 2.19. The fraction of sp³-hybridized carbons (Fsp3) is 0.136. The maximum Gasteiger partial charge on any atom is 0.324 e. The monoisotopic (exact) mass is 395 g/mol. The average molecular weight is 395 g/mol. The van der Waals surface area contributed by atoms with Crippen molar-refractivity contribution in [3.05, 3.63) is 89.3 Å². The van der Waals surface area contributed by atoms with Crippen LogP contribution in [0.3, 0.4) is 0 Å². The number of nitrogens with one attached hydrogen (secondary N) is 1. The molecule has 0 bridgehead atoms. The number of esters is 1. The van der Waals surface area contributed by atoms with Gasteiger partial charge in [0.25, 0.3) is 0 Å². The lowest BCUT2D eigenvalue weighted by Crippen LogP contribution is -2.38. The second-order valence-electron chi connectivity index (χ2n) is 6.34. The number of sulfonamides is 1. The van der Waals surface area contributed by atoms with Crippen LogP contribution in [0.5, 0.6) is 0 Å². The lowest BCUT2D eigenvalue weighted by Gasteiger charge is -2.13. The van der Waals surface area contributed by atoms with Crippen LogP contribution in [-0.2, 0) is 26.2 Å². The molecular formula is C22H21NO4S. The lowest BCUT2D eigenvalue weighted by atomic mass is 10.1. The summed E-state index contributed by atoms with van der Waals surface area (Å²) in [6.07, 6.45) is 1.47. The Kier molecular flexibility index (Phi) is 6.23. The number of carbonyl (C=O) groups excluding carboxylic acids is 1. The van der Waals surface area contributed by atoms with Gasteiger partial charge in [-0.05, 0) is 34.9 Å². The maximum absolute atomic E-state index is 12.2. The first-order valence-corrected chi connectivity index (χ1v) is 10.4. The number of carbonyl (C=O) groups is 1. The Morgan fingerprint density at radius 3 is 2.46 bits per heavy atom. The first-order valence-electron chi connectivity index (χ1n) is 8.83. The van der Waals surface area contributed by atoms with Gasteiger partial charge in [-0.15, -0.1) is 0 Å². The Morgan fingerprint density at radius 2 is 1.68 bits per heavy atom. The quantitative estimate of drug-likeness (QED) is 0.617. The third-order valence-corrected chi connectivity index (χ3v) is 5.36. The minimum absolute atomic E-state index is 0.0755. The molecule has 0 fully saturated rings. The first-order chi connectivity index (χ1) is 13.4. The summed E-state index contributed by atoms with van der Waals surface area (Å²) in [4.78, 5) is 12.2. The molecule has 0 aliphatic heterocycles. The van der Waals surface area contributed by atoms with E-state index in [1.165, 1.54) is 13.0 Å². The van der Waals surface area contributed by atoms with Crippen LogP contribution in [0, 0.1) is 0 Å². The van der Waals surface area contributed by atoms with E-state index >= 15 is 0 Å². The van der Waals surface area contributed by atoms with Crippen molar-refractivity contribution in [1.29, 1.82) is 0 Å². The number of fused-ring (bicyclic) bond motifs is 1. The van der Waals surface area contributed by atoms with Crippen LogP contribution in [-0.4, -0.2) is 20.4 Å². The molecule has 144 valence electrons. The normalized spacial score (nSPS) is 12.9. The van der Waals surface area contributed by atoms with Gasteiger partial charge in [0.05, 0.1) is 0 Å². The Bertz CT molecular complexity index is 1090. The van der Waals surface area contributed by atoms with Gasteiger partial charge in [-0.1, -0.05) is 72.8 Å². The van der Waals surface area contributed by atoms with Crippen molar-refractivity contribution in [2.24, 2.45) is 0 Å². The second-order valence-corrected chi connectivity index (χ2v) is 7.94. The van der Waals surface area contributed by atoms with Crippen molar-refractivity contribution in [1.82, 2.24) is 4.72 Å². The van der Waals surface area contributed by atoms with Gasteiger partial charge in [0, 0.05) is 5.41 Å². The summed E-state index contributed by atoms with van der Waals surface area (Å²) in [6, 6.07) is 21.6. The molecule has 0 radical (unpaired) electrons. The highest BCUT2D eigenvalue weighted by Gasteiger charge is 2.20. The summed E-state index contributed by atoms with van der Waals surface area (Å²) in [7, 11) is -3.77. The second kappa shape index (κ2) is 8.82. The number of hydrogen-bond acceptors (Lipinski definition) is 4. The van der Waals surface area contributed by atoms with Crippen LogP contribution in [0.25, 0.3) is 16.8 Å². The molecule has 0 aliphatic rings. The largest absolute Gasteiger partial charge is 0.460 e. The molecule has 1 atom stereocenters. The van der Waals surface area contributed by atoms with Gasteiger partial charge in [0.1, 0.15) is 12.6 Å². The van der Waals surface area contributed by atoms with E-state index < -0.39 is 22.0 Å². The SMILES string of the molecule is C[C@H](NS(=O)(=O)/C=C/c1ccccc1)C(=O)OCc1cccc2ccccc12. The van der Waals surface area contributed by atoms with Gasteiger partial charge >= 0.3 is 5.97 Å². The molecule has 6 heteroatoms.